The molecule has 0 N–H and O–H groups in total. The normalized spacial score (nSPS) is 19.5. The number of benzene rings is 1. The van der Waals surface area contributed by atoms with Gasteiger partial charge in [0.15, 0.2) is 17.3 Å². The molecule has 1 saturated heterocycles. The standard InChI is InChI=1S/C17H19N3O4/c1-11-18-17(24-19-11)13-3-2-6-20(9-13)16(21)8-12-4-5-14-15(7-12)23-10-22-14/h4-5,7,13H,2-3,6,8-10H2,1H3/t13-/m0/s1. The van der Waals surface area contributed by atoms with Crippen LogP contribution in [0.25, 0.3) is 0 Å². The molecular weight excluding hydrogens is 310 g/mol. The first-order valence-electron chi connectivity index (χ1n) is 8.15. The van der Waals surface area contributed by atoms with Crippen molar-refractivity contribution in [1.82, 2.24) is 15.0 Å². The van der Waals surface area contributed by atoms with Crippen LogP contribution < -0.4 is 9.47 Å². The molecule has 2 aromatic rings. The van der Waals surface area contributed by atoms with Crippen molar-refractivity contribution in [1.29, 1.82) is 0 Å². The molecule has 7 heteroatoms. The number of aryl methyl sites for hydroxylation is 1. The number of hydrogen-bond acceptors (Lipinski definition) is 6. The van der Waals surface area contributed by atoms with Gasteiger partial charge < -0.3 is 18.9 Å². The third kappa shape index (κ3) is 2.93. The van der Waals surface area contributed by atoms with Gasteiger partial charge in [-0.1, -0.05) is 11.2 Å². The maximum absolute atomic E-state index is 12.6. The number of ether oxygens (including phenoxy) is 2. The van der Waals surface area contributed by atoms with Gasteiger partial charge in [-0.15, -0.1) is 0 Å². The summed E-state index contributed by atoms with van der Waals surface area (Å²) in [6, 6.07) is 5.64. The number of carbonyl (C=O) groups excluding carboxylic acids is 1. The summed E-state index contributed by atoms with van der Waals surface area (Å²) >= 11 is 0. The smallest absolute Gasteiger partial charge is 0.231 e. The number of carbonyl (C=O) groups is 1. The lowest BCUT2D eigenvalue weighted by Gasteiger charge is -2.31. The second kappa shape index (κ2) is 6.14. The fraction of sp³-hybridized carbons (Fsp3) is 0.471. The van der Waals surface area contributed by atoms with Crippen LogP contribution in [0.5, 0.6) is 11.5 Å². The van der Waals surface area contributed by atoms with Gasteiger partial charge in [-0.3, -0.25) is 4.79 Å². The number of likely N-dealkylation sites (tertiary alicyclic amines) is 1. The van der Waals surface area contributed by atoms with Crippen LogP contribution in [0.2, 0.25) is 0 Å². The van der Waals surface area contributed by atoms with Crippen molar-refractivity contribution in [2.45, 2.75) is 32.1 Å². The average Bonchev–Trinajstić information content (AvgIpc) is 3.23. The number of hydrogen-bond donors (Lipinski definition) is 0. The number of piperidine rings is 1. The van der Waals surface area contributed by atoms with E-state index in [0.717, 1.165) is 30.7 Å². The van der Waals surface area contributed by atoms with E-state index >= 15 is 0 Å². The number of nitrogens with zero attached hydrogens (tertiary/aromatic N) is 3. The minimum Gasteiger partial charge on any atom is -0.454 e. The van der Waals surface area contributed by atoms with Crippen LogP contribution >= 0.6 is 0 Å². The lowest BCUT2D eigenvalue weighted by Crippen LogP contribution is -2.40. The average molecular weight is 329 g/mol. The van der Waals surface area contributed by atoms with E-state index in [1.54, 1.807) is 6.92 Å². The Bertz CT molecular complexity index is 758. The van der Waals surface area contributed by atoms with Crippen molar-refractivity contribution < 1.29 is 18.8 Å². The highest BCUT2D eigenvalue weighted by Gasteiger charge is 2.28. The fourth-order valence-electron chi connectivity index (χ4n) is 3.22. The molecule has 7 nitrogen and oxygen atoms in total. The first-order chi connectivity index (χ1) is 11.7. The third-order valence-electron chi connectivity index (χ3n) is 4.46. The summed E-state index contributed by atoms with van der Waals surface area (Å²) in [5, 5.41) is 3.85. The molecule has 0 aliphatic carbocycles. The molecule has 0 spiro atoms. The highest BCUT2D eigenvalue weighted by atomic mass is 16.7. The van der Waals surface area contributed by atoms with E-state index in [2.05, 4.69) is 10.1 Å². The van der Waals surface area contributed by atoms with Gasteiger partial charge in [0.05, 0.1) is 12.3 Å². The van der Waals surface area contributed by atoms with Crippen molar-refractivity contribution in [3.63, 3.8) is 0 Å². The lowest BCUT2D eigenvalue weighted by molar-refractivity contribution is -0.131. The molecule has 1 fully saturated rings. The molecule has 0 bridgehead atoms. The number of rotatable bonds is 3. The van der Waals surface area contributed by atoms with Crippen LogP contribution in [0.3, 0.4) is 0 Å². The fourth-order valence-corrected chi connectivity index (χ4v) is 3.22. The Kier molecular flexibility index (Phi) is 3.84. The number of fused-ring (bicyclic) bond motifs is 1. The van der Waals surface area contributed by atoms with Crippen molar-refractivity contribution in [3.8, 4) is 11.5 Å². The van der Waals surface area contributed by atoms with E-state index in [1.165, 1.54) is 0 Å². The molecule has 1 aromatic heterocycles. The van der Waals surface area contributed by atoms with Crippen LogP contribution in [-0.4, -0.2) is 40.8 Å². The Morgan fingerprint density at radius 3 is 3.04 bits per heavy atom. The topological polar surface area (TPSA) is 77.7 Å². The monoisotopic (exact) mass is 329 g/mol. The Labute approximate surface area is 139 Å². The van der Waals surface area contributed by atoms with Gasteiger partial charge in [0.25, 0.3) is 0 Å². The molecule has 2 aliphatic rings. The summed E-state index contributed by atoms with van der Waals surface area (Å²) in [4.78, 5) is 18.8. The first-order valence-corrected chi connectivity index (χ1v) is 8.15. The molecule has 3 heterocycles. The van der Waals surface area contributed by atoms with Crippen LogP contribution in [-0.2, 0) is 11.2 Å². The zero-order chi connectivity index (χ0) is 16.5. The Morgan fingerprint density at radius 1 is 1.33 bits per heavy atom. The quantitative estimate of drug-likeness (QED) is 0.858. The predicted octanol–water partition coefficient (Wildman–Crippen LogP) is 2.06. The predicted molar refractivity (Wildman–Crippen MR) is 83.9 cm³/mol. The first kappa shape index (κ1) is 15.0. The van der Waals surface area contributed by atoms with Crippen LogP contribution in [0.15, 0.2) is 22.7 Å². The highest BCUT2D eigenvalue weighted by molar-refractivity contribution is 5.79. The lowest BCUT2D eigenvalue weighted by atomic mass is 9.97. The third-order valence-corrected chi connectivity index (χ3v) is 4.46. The molecule has 2 aliphatic heterocycles. The van der Waals surface area contributed by atoms with Crippen LogP contribution in [0.1, 0.15) is 36.0 Å². The van der Waals surface area contributed by atoms with E-state index < -0.39 is 0 Å². The summed E-state index contributed by atoms with van der Waals surface area (Å²) in [6.45, 7) is 3.44. The van der Waals surface area contributed by atoms with Gasteiger partial charge in [0.2, 0.25) is 18.6 Å². The summed E-state index contributed by atoms with van der Waals surface area (Å²) in [5.41, 5.74) is 0.931. The zero-order valence-electron chi connectivity index (χ0n) is 13.5. The Morgan fingerprint density at radius 2 is 2.21 bits per heavy atom. The number of amides is 1. The summed E-state index contributed by atoms with van der Waals surface area (Å²) < 4.78 is 15.9. The molecule has 0 saturated carbocycles. The molecule has 24 heavy (non-hydrogen) atoms. The molecular formula is C17H19N3O4. The largest absolute Gasteiger partial charge is 0.454 e. The van der Waals surface area contributed by atoms with E-state index in [1.807, 2.05) is 23.1 Å². The van der Waals surface area contributed by atoms with E-state index in [9.17, 15) is 4.79 Å². The SMILES string of the molecule is Cc1noc([C@H]2CCCN(C(=O)Cc3ccc4c(c3)OCO4)C2)n1. The van der Waals surface area contributed by atoms with Gasteiger partial charge in [-0.05, 0) is 37.5 Å². The van der Waals surface area contributed by atoms with Gasteiger partial charge in [-0.25, -0.2) is 0 Å². The van der Waals surface area contributed by atoms with Crippen LogP contribution in [0, 0.1) is 6.92 Å². The van der Waals surface area contributed by atoms with Crippen molar-refractivity contribution in [2.24, 2.45) is 0 Å². The molecule has 1 aromatic carbocycles. The van der Waals surface area contributed by atoms with Crippen LogP contribution in [0.4, 0.5) is 0 Å². The second-order valence-electron chi connectivity index (χ2n) is 6.22. The van der Waals surface area contributed by atoms with Crippen molar-refractivity contribution in [3.05, 3.63) is 35.5 Å². The summed E-state index contributed by atoms with van der Waals surface area (Å²) in [5.74, 6) is 2.94. The Balaban J connectivity index is 1.42. The molecule has 126 valence electrons. The molecule has 0 unspecified atom stereocenters. The van der Waals surface area contributed by atoms with Gasteiger partial charge in [-0.2, -0.15) is 4.98 Å². The van der Waals surface area contributed by atoms with Gasteiger partial charge in [0, 0.05) is 13.1 Å². The molecule has 1 atom stereocenters. The van der Waals surface area contributed by atoms with E-state index in [4.69, 9.17) is 14.0 Å². The maximum Gasteiger partial charge on any atom is 0.231 e. The number of aromatic nitrogens is 2. The molecule has 0 radical (unpaired) electrons. The van der Waals surface area contributed by atoms with Crippen molar-refractivity contribution >= 4 is 5.91 Å². The minimum absolute atomic E-state index is 0.106. The zero-order valence-corrected chi connectivity index (χ0v) is 13.5. The molecule has 1 amide bonds. The Hall–Kier alpha value is -2.57. The second-order valence-corrected chi connectivity index (χ2v) is 6.22. The summed E-state index contributed by atoms with van der Waals surface area (Å²) in [6.07, 6.45) is 2.26. The van der Waals surface area contributed by atoms with Gasteiger partial charge >= 0.3 is 0 Å². The maximum atomic E-state index is 12.6. The van der Waals surface area contributed by atoms with Gasteiger partial charge in [0.1, 0.15) is 0 Å². The van der Waals surface area contributed by atoms with Crippen molar-refractivity contribution in [2.75, 3.05) is 19.9 Å². The minimum atomic E-state index is 0.106. The molecule has 4 rings (SSSR count). The summed E-state index contributed by atoms with van der Waals surface area (Å²) in [7, 11) is 0. The van der Waals surface area contributed by atoms with E-state index in [-0.39, 0.29) is 18.6 Å². The van der Waals surface area contributed by atoms with E-state index in [0.29, 0.717) is 30.4 Å². The highest BCUT2D eigenvalue weighted by Crippen LogP contribution is 2.33.